The van der Waals surface area contributed by atoms with Gasteiger partial charge in [-0.05, 0) is 30.7 Å². The van der Waals surface area contributed by atoms with Crippen LogP contribution >= 0.6 is 0 Å². The molecule has 0 radical (unpaired) electrons. The van der Waals surface area contributed by atoms with Gasteiger partial charge in [-0.15, -0.1) is 0 Å². The van der Waals surface area contributed by atoms with Gasteiger partial charge in [0.2, 0.25) is 0 Å². The summed E-state index contributed by atoms with van der Waals surface area (Å²) in [5.41, 5.74) is 1.81. The maximum Gasteiger partial charge on any atom is 0.339 e. The first-order chi connectivity index (χ1) is 9.61. The third-order valence-corrected chi connectivity index (χ3v) is 2.66. The highest BCUT2D eigenvalue weighted by atomic mass is 16.6. The Hall–Kier alpha value is -2.76. The lowest BCUT2D eigenvalue weighted by Gasteiger charge is -2.04. The lowest BCUT2D eigenvalue weighted by molar-refractivity contribution is -0.384. The largest absolute Gasteiger partial charge is 0.462 e. The monoisotopic (exact) mass is 272 g/mol. The molecule has 1 heterocycles. The molecule has 0 N–H and O–H groups in total. The molecule has 1 aromatic heterocycles. The highest BCUT2D eigenvalue weighted by Gasteiger charge is 2.10. The quantitative estimate of drug-likeness (QED) is 0.485. The molecule has 2 aromatic rings. The number of carbonyl (C=O) groups is 1. The maximum absolute atomic E-state index is 11.6. The van der Waals surface area contributed by atoms with E-state index in [2.05, 4.69) is 4.98 Å². The average molecular weight is 272 g/mol. The smallest absolute Gasteiger partial charge is 0.339 e. The van der Waals surface area contributed by atoms with E-state index in [4.69, 9.17) is 4.74 Å². The number of nitro groups is 1. The summed E-state index contributed by atoms with van der Waals surface area (Å²) < 4.78 is 4.90. The highest BCUT2D eigenvalue weighted by Crippen LogP contribution is 2.22. The van der Waals surface area contributed by atoms with Gasteiger partial charge in [0.1, 0.15) is 0 Å². The zero-order valence-corrected chi connectivity index (χ0v) is 10.8. The Morgan fingerprint density at radius 3 is 2.55 bits per heavy atom. The van der Waals surface area contributed by atoms with Crippen LogP contribution in [-0.4, -0.2) is 22.5 Å². The second-order valence-electron chi connectivity index (χ2n) is 3.99. The molecule has 0 aliphatic heterocycles. The van der Waals surface area contributed by atoms with Crippen LogP contribution in [0.3, 0.4) is 0 Å². The molecular weight excluding hydrogens is 260 g/mol. The van der Waals surface area contributed by atoms with Crippen LogP contribution < -0.4 is 0 Å². The number of esters is 1. The molecule has 0 amide bonds. The minimum Gasteiger partial charge on any atom is -0.462 e. The third-order valence-electron chi connectivity index (χ3n) is 2.66. The van der Waals surface area contributed by atoms with Gasteiger partial charge in [0.25, 0.3) is 5.69 Å². The lowest BCUT2D eigenvalue weighted by Crippen LogP contribution is -2.05. The van der Waals surface area contributed by atoms with Gasteiger partial charge in [0, 0.05) is 30.1 Å². The van der Waals surface area contributed by atoms with Crippen LogP contribution in [0.2, 0.25) is 0 Å². The van der Waals surface area contributed by atoms with Gasteiger partial charge in [-0.3, -0.25) is 15.1 Å². The lowest BCUT2D eigenvalue weighted by atomic mass is 10.1. The Bertz CT molecular complexity index is 638. The summed E-state index contributed by atoms with van der Waals surface area (Å²) in [5, 5.41) is 10.6. The van der Waals surface area contributed by atoms with Crippen molar-refractivity contribution in [2.75, 3.05) is 6.61 Å². The number of pyridine rings is 1. The average Bonchev–Trinajstić information content (AvgIpc) is 2.48. The number of non-ortho nitro benzene ring substituents is 1. The van der Waals surface area contributed by atoms with Gasteiger partial charge < -0.3 is 4.74 Å². The Kier molecular flexibility index (Phi) is 4.05. The van der Waals surface area contributed by atoms with Crippen molar-refractivity contribution < 1.29 is 14.5 Å². The molecule has 0 bridgehead atoms. The summed E-state index contributed by atoms with van der Waals surface area (Å²) in [6.07, 6.45) is 3.01. The van der Waals surface area contributed by atoms with Crippen LogP contribution in [-0.2, 0) is 4.74 Å². The Balaban J connectivity index is 2.31. The number of ether oxygens (including phenoxy) is 1. The number of rotatable bonds is 4. The van der Waals surface area contributed by atoms with E-state index in [0.717, 1.165) is 5.56 Å². The first-order valence-electron chi connectivity index (χ1n) is 5.99. The summed E-state index contributed by atoms with van der Waals surface area (Å²) in [4.78, 5) is 25.7. The molecule has 0 aliphatic carbocycles. The number of carbonyl (C=O) groups excluding carboxylic acids is 1. The van der Waals surface area contributed by atoms with E-state index < -0.39 is 10.9 Å². The Labute approximate surface area is 115 Å². The zero-order valence-electron chi connectivity index (χ0n) is 10.8. The summed E-state index contributed by atoms with van der Waals surface area (Å²) in [6.45, 7) is 2.02. The minimum atomic E-state index is -0.461. The molecule has 0 fully saturated rings. The summed E-state index contributed by atoms with van der Waals surface area (Å²) in [7, 11) is 0. The molecule has 0 saturated carbocycles. The van der Waals surface area contributed by atoms with Gasteiger partial charge in [-0.1, -0.05) is 0 Å². The highest BCUT2D eigenvalue weighted by molar-refractivity contribution is 5.90. The standard InChI is InChI=1S/C14H12N2O4/c1-2-20-14(17)12-7-11(8-15-9-12)10-3-5-13(6-4-10)16(18)19/h3-9H,2H2,1H3. The molecule has 0 spiro atoms. The van der Waals surface area contributed by atoms with Crippen molar-refractivity contribution in [2.24, 2.45) is 0 Å². The van der Waals surface area contributed by atoms with Crippen molar-refractivity contribution >= 4 is 11.7 Å². The number of nitro benzene ring substituents is 1. The fraction of sp³-hybridized carbons (Fsp3) is 0.143. The molecule has 6 nitrogen and oxygen atoms in total. The van der Waals surface area contributed by atoms with Crippen molar-refractivity contribution in [3.05, 3.63) is 58.4 Å². The summed E-state index contributed by atoms with van der Waals surface area (Å²) >= 11 is 0. The first-order valence-corrected chi connectivity index (χ1v) is 5.99. The van der Waals surface area contributed by atoms with Crippen molar-refractivity contribution in [3.8, 4) is 11.1 Å². The summed E-state index contributed by atoms with van der Waals surface area (Å²) in [5.74, 6) is -0.441. The fourth-order valence-corrected chi connectivity index (χ4v) is 1.70. The third kappa shape index (κ3) is 2.97. The summed E-state index contributed by atoms with van der Waals surface area (Å²) in [6, 6.07) is 7.69. The molecule has 20 heavy (non-hydrogen) atoms. The van der Waals surface area contributed by atoms with E-state index in [1.165, 1.54) is 18.3 Å². The number of hydrogen-bond acceptors (Lipinski definition) is 5. The predicted molar refractivity (Wildman–Crippen MR) is 72.3 cm³/mol. The van der Waals surface area contributed by atoms with E-state index in [1.807, 2.05) is 0 Å². The van der Waals surface area contributed by atoms with Gasteiger partial charge >= 0.3 is 5.97 Å². The SMILES string of the molecule is CCOC(=O)c1cncc(-c2ccc([N+](=O)[O-])cc2)c1. The number of aromatic nitrogens is 1. The van der Waals surface area contributed by atoms with E-state index in [0.29, 0.717) is 17.7 Å². The van der Waals surface area contributed by atoms with Crippen LogP contribution in [0.15, 0.2) is 42.7 Å². The number of benzene rings is 1. The van der Waals surface area contributed by atoms with Gasteiger partial charge in [0.05, 0.1) is 17.1 Å². The minimum absolute atomic E-state index is 0.0169. The van der Waals surface area contributed by atoms with Gasteiger partial charge in [-0.25, -0.2) is 4.79 Å². The molecule has 0 saturated heterocycles. The van der Waals surface area contributed by atoms with Crippen LogP contribution in [0.1, 0.15) is 17.3 Å². The molecule has 102 valence electrons. The number of hydrogen-bond donors (Lipinski definition) is 0. The van der Waals surface area contributed by atoms with Crippen molar-refractivity contribution in [1.29, 1.82) is 0 Å². The second kappa shape index (κ2) is 5.92. The predicted octanol–water partition coefficient (Wildman–Crippen LogP) is 2.83. The van der Waals surface area contributed by atoms with Crippen LogP contribution in [0.5, 0.6) is 0 Å². The first kappa shape index (κ1) is 13.7. The van der Waals surface area contributed by atoms with Crippen LogP contribution in [0.25, 0.3) is 11.1 Å². The molecule has 0 aliphatic rings. The van der Waals surface area contributed by atoms with E-state index in [1.54, 1.807) is 31.3 Å². The van der Waals surface area contributed by atoms with Gasteiger partial charge in [-0.2, -0.15) is 0 Å². The van der Waals surface area contributed by atoms with Gasteiger partial charge in [0.15, 0.2) is 0 Å². The van der Waals surface area contributed by atoms with E-state index in [-0.39, 0.29) is 5.69 Å². The normalized spacial score (nSPS) is 10.1. The topological polar surface area (TPSA) is 82.3 Å². The Morgan fingerprint density at radius 1 is 1.25 bits per heavy atom. The zero-order chi connectivity index (χ0) is 14.5. The second-order valence-corrected chi connectivity index (χ2v) is 3.99. The molecule has 0 atom stereocenters. The molecule has 2 rings (SSSR count). The van der Waals surface area contributed by atoms with Crippen LogP contribution in [0.4, 0.5) is 5.69 Å². The van der Waals surface area contributed by atoms with E-state index in [9.17, 15) is 14.9 Å². The van der Waals surface area contributed by atoms with Crippen molar-refractivity contribution in [2.45, 2.75) is 6.92 Å². The fourth-order valence-electron chi connectivity index (χ4n) is 1.70. The Morgan fingerprint density at radius 2 is 1.95 bits per heavy atom. The maximum atomic E-state index is 11.6. The van der Waals surface area contributed by atoms with Crippen molar-refractivity contribution in [1.82, 2.24) is 4.98 Å². The van der Waals surface area contributed by atoms with Crippen molar-refractivity contribution in [3.63, 3.8) is 0 Å². The van der Waals surface area contributed by atoms with Crippen LogP contribution in [0, 0.1) is 10.1 Å². The number of nitrogens with zero attached hydrogens (tertiary/aromatic N) is 2. The molecule has 1 aromatic carbocycles. The van der Waals surface area contributed by atoms with E-state index >= 15 is 0 Å². The molecule has 0 unspecified atom stereocenters. The molecule has 6 heteroatoms. The molecular formula is C14H12N2O4.